The molecule has 0 radical (unpaired) electrons. The van der Waals surface area contributed by atoms with Crippen molar-refractivity contribution in [3.8, 4) is 5.75 Å². The summed E-state index contributed by atoms with van der Waals surface area (Å²) in [6, 6.07) is 15.7. The minimum atomic E-state index is -1.30. The standard InChI is InChI=1S/C23H23N3O5/c1-14-10-16(18-4-2-3-5-20(18)24-14)13-31-17-8-6-15(7-9-17)22(27)25-21-12-26(30)11-19(21)23(28)29/h2-10,19,21,30H,11-13H2,1H3,(H,25,27)(H,28,29)/p-1. The van der Waals surface area contributed by atoms with Crippen molar-refractivity contribution >= 4 is 22.8 Å². The lowest BCUT2D eigenvalue weighted by molar-refractivity contribution is -0.312. The van der Waals surface area contributed by atoms with Gasteiger partial charge >= 0.3 is 0 Å². The van der Waals surface area contributed by atoms with Crippen molar-refractivity contribution in [1.29, 1.82) is 0 Å². The molecule has 0 aliphatic carbocycles. The van der Waals surface area contributed by atoms with Gasteiger partial charge in [-0.25, -0.2) is 0 Å². The highest BCUT2D eigenvalue weighted by molar-refractivity contribution is 5.94. The minimum absolute atomic E-state index is 0.0326. The Bertz CT molecular complexity index is 1120. The highest BCUT2D eigenvalue weighted by Crippen LogP contribution is 2.21. The molecular formula is C23H22N3O5-. The van der Waals surface area contributed by atoms with E-state index in [-0.39, 0.29) is 13.1 Å². The van der Waals surface area contributed by atoms with Crippen molar-refractivity contribution < 1.29 is 24.6 Å². The van der Waals surface area contributed by atoms with Crippen molar-refractivity contribution in [2.45, 2.75) is 19.6 Å². The second kappa shape index (κ2) is 8.71. The van der Waals surface area contributed by atoms with Gasteiger partial charge in [0.1, 0.15) is 12.4 Å². The van der Waals surface area contributed by atoms with Crippen molar-refractivity contribution in [1.82, 2.24) is 15.4 Å². The molecule has 31 heavy (non-hydrogen) atoms. The van der Waals surface area contributed by atoms with Crippen molar-refractivity contribution in [3.63, 3.8) is 0 Å². The highest BCUT2D eigenvalue weighted by Gasteiger charge is 2.34. The van der Waals surface area contributed by atoms with Gasteiger partial charge in [0.25, 0.3) is 5.91 Å². The molecule has 4 rings (SSSR count). The van der Waals surface area contributed by atoms with Gasteiger partial charge in [-0.1, -0.05) is 18.2 Å². The SMILES string of the molecule is Cc1cc(COc2ccc(C(=O)NC3CN(O)CC3C(=O)[O-])cc2)c2ccccc2n1. The van der Waals surface area contributed by atoms with E-state index in [1.165, 1.54) is 0 Å². The molecule has 3 aromatic rings. The summed E-state index contributed by atoms with van der Waals surface area (Å²) in [5, 5.41) is 25.3. The molecule has 1 fully saturated rings. The first kappa shape index (κ1) is 20.8. The predicted molar refractivity (Wildman–Crippen MR) is 110 cm³/mol. The first-order valence-corrected chi connectivity index (χ1v) is 9.94. The number of hydroxylamine groups is 2. The van der Waals surface area contributed by atoms with Crippen LogP contribution in [0.15, 0.2) is 54.6 Å². The Labute approximate surface area is 179 Å². The zero-order chi connectivity index (χ0) is 22.0. The molecule has 0 bridgehead atoms. The maximum absolute atomic E-state index is 12.5. The predicted octanol–water partition coefficient (Wildman–Crippen LogP) is 1.29. The van der Waals surface area contributed by atoms with E-state index < -0.39 is 23.8 Å². The molecule has 2 unspecified atom stereocenters. The van der Waals surface area contributed by atoms with E-state index >= 15 is 0 Å². The second-order valence-corrected chi connectivity index (χ2v) is 7.63. The van der Waals surface area contributed by atoms with Gasteiger partial charge in [0.15, 0.2) is 0 Å². The number of benzene rings is 2. The molecule has 160 valence electrons. The number of amides is 1. The normalized spacial score (nSPS) is 18.8. The number of carbonyl (C=O) groups is 2. The topological polar surface area (TPSA) is 115 Å². The molecule has 2 aromatic carbocycles. The van der Waals surface area contributed by atoms with Crippen molar-refractivity contribution in [3.05, 3.63) is 71.4 Å². The number of pyridine rings is 1. The molecule has 8 heteroatoms. The Kier molecular flexibility index (Phi) is 5.83. The molecular weight excluding hydrogens is 398 g/mol. The summed E-state index contributed by atoms with van der Waals surface area (Å²) in [5.41, 5.74) is 3.21. The number of nitrogens with one attached hydrogen (secondary N) is 1. The lowest BCUT2D eigenvalue weighted by Gasteiger charge is -2.20. The summed E-state index contributed by atoms with van der Waals surface area (Å²) in [6.45, 7) is 2.25. The van der Waals surface area contributed by atoms with Gasteiger partial charge in [-0.05, 0) is 43.3 Å². The molecule has 1 aliphatic rings. The van der Waals surface area contributed by atoms with Gasteiger partial charge in [-0.3, -0.25) is 9.78 Å². The lowest BCUT2D eigenvalue weighted by atomic mass is 10.0. The van der Waals surface area contributed by atoms with Gasteiger partial charge in [-0.15, -0.1) is 0 Å². The van der Waals surface area contributed by atoms with Gasteiger partial charge in [-0.2, -0.15) is 5.06 Å². The van der Waals surface area contributed by atoms with Gasteiger partial charge in [0.2, 0.25) is 0 Å². The number of rotatable bonds is 6. The Morgan fingerprint density at radius 3 is 2.68 bits per heavy atom. The largest absolute Gasteiger partial charge is 0.550 e. The first-order chi connectivity index (χ1) is 14.9. The number of hydrogen-bond acceptors (Lipinski definition) is 7. The van der Waals surface area contributed by atoms with Gasteiger partial charge < -0.3 is 25.2 Å². The average Bonchev–Trinajstić information content (AvgIpc) is 3.12. The van der Waals surface area contributed by atoms with E-state index in [0.29, 0.717) is 17.9 Å². The molecule has 1 saturated heterocycles. The number of aryl methyl sites for hydroxylation is 1. The van der Waals surface area contributed by atoms with Crippen LogP contribution in [0.25, 0.3) is 10.9 Å². The minimum Gasteiger partial charge on any atom is -0.550 e. The van der Waals surface area contributed by atoms with Crippen LogP contribution in [0, 0.1) is 12.8 Å². The summed E-state index contributed by atoms with van der Waals surface area (Å²) < 4.78 is 5.90. The molecule has 2 atom stereocenters. The fourth-order valence-corrected chi connectivity index (χ4v) is 3.80. The highest BCUT2D eigenvalue weighted by atomic mass is 16.5. The second-order valence-electron chi connectivity index (χ2n) is 7.63. The summed E-state index contributed by atoms with van der Waals surface area (Å²) in [4.78, 5) is 28.2. The van der Waals surface area contributed by atoms with Crippen LogP contribution in [0.1, 0.15) is 21.6 Å². The number of aromatic nitrogens is 1. The average molecular weight is 420 g/mol. The molecule has 2 N–H and O–H groups in total. The molecule has 1 aliphatic heterocycles. The number of para-hydroxylation sites is 1. The van der Waals surface area contributed by atoms with E-state index in [9.17, 15) is 19.9 Å². The third kappa shape index (κ3) is 4.65. The molecule has 1 aromatic heterocycles. The smallest absolute Gasteiger partial charge is 0.251 e. The van der Waals surface area contributed by atoms with E-state index in [1.807, 2.05) is 37.3 Å². The van der Waals surface area contributed by atoms with E-state index in [0.717, 1.165) is 27.2 Å². The van der Waals surface area contributed by atoms with Gasteiger partial charge in [0, 0.05) is 47.2 Å². The van der Waals surface area contributed by atoms with Crippen LogP contribution < -0.4 is 15.2 Å². The van der Waals surface area contributed by atoms with E-state index in [2.05, 4.69) is 10.3 Å². The number of carbonyl (C=O) groups excluding carboxylic acids is 2. The van der Waals surface area contributed by atoms with Crippen LogP contribution in [-0.4, -0.2) is 46.3 Å². The summed E-state index contributed by atoms with van der Waals surface area (Å²) in [7, 11) is 0. The molecule has 8 nitrogen and oxygen atoms in total. The van der Waals surface area contributed by atoms with Crippen LogP contribution in [-0.2, 0) is 11.4 Å². The Morgan fingerprint density at radius 1 is 1.19 bits per heavy atom. The number of carboxylic acid groups (broad SMARTS) is 1. The monoisotopic (exact) mass is 420 g/mol. The van der Waals surface area contributed by atoms with E-state index in [1.54, 1.807) is 24.3 Å². The van der Waals surface area contributed by atoms with Crippen LogP contribution >= 0.6 is 0 Å². The fraction of sp³-hybridized carbons (Fsp3) is 0.261. The number of carboxylic acids is 1. The number of nitrogens with zero attached hydrogens (tertiary/aromatic N) is 2. The molecule has 0 spiro atoms. The van der Waals surface area contributed by atoms with Gasteiger partial charge in [0.05, 0.1) is 11.6 Å². The zero-order valence-electron chi connectivity index (χ0n) is 16.9. The molecule has 0 saturated carbocycles. The molecule has 2 heterocycles. The summed E-state index contributed by atoms with van der Waals surface area (Å²) in [6.07, 6.45) is 0. The van der Waals surface area contributed by atoms with Crippen molar-refractivity contribution in [2.24, 2.45) is 5.92 Å². The fourth-order valence-electron chi connectivity index (χ4n) is 3.80. The number of hydrogen-bond donors (Lipinski definition) is 2. The maximum Gasteiger partial charge on any atom is 0.251 e. The number of aliphatic carboxylic acids is 1. The lowest BCUT2D eigenvalue weighted by Crippen LogP contribution is -2.47. The van der Waals surface area contributed by atoms with Crippen LogP contribution in [0.2, 0.25) is 0 Å². The number of fused-ring (bicyclic) bond motifs is 1. The Morgan fingerprint density at radius 2 is 1.94 bits per heavy atom. The third-order valence-electron chi connectivity index (χ3n) is 5.36. The summed E-state index contributed by atoms with van der Waals surface area (Å²) >= 11 is 0. The van der Waals surface area contributed by atoms with Crippen LogP contribution in [0.4, 0.5) is 0 Å². The van der Waals surface area contributed by atoms with Crippen LogP contribution in [0.3, 0.4) is 0 Å². The van der Waals surface area contributed by atoms with E-state index in [4.69, 9.17) is 4.74 Å². The van der Waals surface area contributed by atoms with Crippen LogP contribution in [0.5, 0.6) is 5.75 Å². The number of ether oxygens (including phenoxy) is 1. The zero-order valence-corrected chi connectivity index (χ0v) is 16.9. The third-order valence-corrected chi connectivity index (χ3v) is 5.36. The quantitative estimate of drug-likeness (QED) is 0.617. The summed E-state index contributed by atoms with van der Waals surface area (Å²) in [5.74, 6) is -2.08. The maximum atomic E-state index is 12.5. The Balaban J connectivity index is 1.41. The first-order valence-electron chi connectivity index (χ1n) is 9.94. The Hall–Kier alpha value is -3.49. The molecule has 1 amide bonds. The van der Waals surface area contributed by atoms with Crippen molar-refractivity contribution in [2.75, 3.05) is 13.1 Å².